The molecule has 0 saturated heterocycles. The van der Waals surface area contributed by atoms with Crippen molar-refractivity contribution in [2.45, 2.75) is 25.5 Å². The van der Waals surface area contributed by atoms with Crippen LogP contribution in [0.5, 0.6) is 0 Å². The van der Waals surface area contributed by atoms with Crippen molar-refractivity contribution in [2.24, 2.45) is 4.40 Å². The monoisotopic (exact) mass is 288 g/mol. The third-order valence-electron chi connectivity index (χ3n) is 1.54. The highest BCUT2D eigenvalue weighted by Crippen LogP contribution is 2.16. The summed E-state index contributed by atoms with van der Waals surface area (Å²) in [5.41, 5.74) is 0.696. The third kappa shape index (κ3) is 4.32. The fraction of sp³-hybridized carbons (Fsp3) is 0.400. The molecule has 0 amide bonds. The largest absolute Gasteiger partial charge is 0.591 e. The van der Waals surface area contributed by atoms with Crippen LogP contribution in [0.3, 0.4) is 0 Å². The molecule has 3 nitrogen and oxygen atoms in total. The molecule has 15 heavy (non-hydrogen) atoms. The predicted molar refractivity (Wildman–Crippen MR) is 67.4 cm³/mol. The average Bonchev–Trinajstić information content (AvgIpc) is 2.12. The topological polar surface area (TPSA) is 48.3 Å². The normalized spacial score (nSPS) is 14.5. The molecular weight excluding hydrogens is 276 g/mol. The summed E-state index contributed by atoms with van der Waals surface area (Å²) in [4.78, 5) is 4.16. The van der Waals surface area contributed by atoms with E-state index in [9.17, 15) is 4.55 Å². The Hall–Kier alpha value is -0.390. The predicted octanol–water partition coefficient (Wildman–Crippen LogP) is 2.73. The van der Waals surface area contributed by atoms with E-state index in [0.29, 0.717) is 5.69 Å². The molecule has 0 bridgehead atoms. The van der Waals surface area contributed by atoms with Gasteiger partial charge in [-0.25, -0.2) is 4.98 Å². The average molecular weight is 289 g/mol. The van der Waals surface area contributed by atoms with Gasteiger partial charge in [-0.1, -0.05) is 10.5 Å². The Labute approximate surface area is 101 Å². The van der Waals surface area contributed by atoms with Crippen LogP contribution in [0, 0.1) is 0 Å². The van der Waals surface area contributed by atoms with E-state index < -0.39 is 11.4 Å². The molecule has 0 radical (unpaired) electrons. The summed E-state index contributed by atoms with van der Waals surface area (Å²) < 4.78 is 16.0. The Balaban J connectivity index is 2.74. The van der Waals surface area contributed by atoms with Crippen molar-refractivity contribution in [3.8, 4) is 0 Å². The van der Waals surface area contributed by atoms with Gasteiger partial charge in [-0.15, -0.1) is 0 Å². The summed E-state index contributed by atoms with van der Waals surface area (Å²) in [6.45, 7) is 5.65. The van der Waals surface area contributed by atoms with Gasteiger partial charge in [0.05, 0.1) is 5.69 Å². The lowest BCUT2D eigenvalue weighted by Crippen LogP contribution is -2.25. The maximum Gasteiger partial charge on any atom is 0.144 e. The Kier molecular flexibility index (Phi) is 4.31. The summed E-state index contributed by atoms with van der Waals surface area (Å²) in [6, 6.07) is 5.50. The van der Waals surface area contributed by atoms with Crippen LogP contribution < -0.4 is 0 Å². The lowest BCUT2D eigenvalue weighted by Gasteiger charge is -2.17. The van der Waals surface area contributed by atoms with E-state index in [1.54, 1.807) is 0 Å². The van der Waals surface area contributed by atoms with Gasteiger partial charge in [-0.05, 0) is 48.8 Å². The molecule has 1 rings (SSSR count). The number of pyridine rings is 1. The van der Waals surface area contributed by atoms with E-state index >= 15 is 0 Å². The van der Waals surface area contributed by atoms with Gasteiger partial charge in [0.15, 0.2) is 0 Å². The molecule has 1 aromatic heterocycles. The second-order valence-corrected chi connectivity index (χ2v) is 6.73. The molecule has 5 heteroatoms. The number of hydrogen-bond acceptors (Lipinski definition) is 3. The van der Waals surface area contributed by atoms with Gasteiger partial charge in [0.25, 0.3) is 0 Å². The first-order chi connectivity index (χ1) is 6.89. The van der Waals surface area contributed by atoms with E-state index in [4.69, 9.17) is 0 Å². The molecule has 0 saturated carbocycles. The lowest BCUT2D eigenvalue weighted by molar-refractivity contribution is 0.562. The number of nitrogens with zero attached hydrogens (tertiary/aromatic N) is 2. The lowest BCUT2D eigenvalue weighted by atomic mass is 10.3. The number of rotatable bonds is 2. The highest BCUT2D eigenvalue weighted by atomic mass is 79.9. The Morgan fingerprint density at radius 3 is 2.67 bits per heavy atom. The van der Waals surface area contributed by atoms with Gasteiger partial charge >= 0.3 is 0 Å². The minimum absolute atomic E-state index is 0.331. The van der Waals surface area contributed by atoms with Crippen molar-refractivity contribution in [1.29, 1.82) is 0 Å². The van der Waals surface area contributed by atoms with Gasteiger partial charge in [0.2, 0.25) is 0 Å². The van der Waals surface area contributed by atoms with Gasteiger partial charge in [0.1, 0.15) is 26.9 Å². The van der Waals surface area contributed by atoms with Crippen LogP contribution >= 0.6 is 15.9 Å². The number of halogens is 1. The standard InChI is InChI=1S/C10H13BrN2OS/c1-10(2,3)15(14)12-7-8-5-4-6-9(11)13-8/h4-7H,1-3H3/t15-/m0/s1. The Morgan fingerprint density at radius 1 is 1.47 bits per heavy atom. The minimum atomic E-state index is -1.23. The third-order valence-corrected chi connectivity index (χ3v) is 3.33. The molecule has 0 N–H and O–H groups in total. The van der Waals surface area contributed by atoms with Gasteiger partial charge in [-0.2, -0.15) is 0 Å². The Morgan fingerprint density at radius 2 is 2.13 bits per heavy atom. The molecule has 1 aromatic rings. The number of aromatic nitrogens is 1. The maximum absolute atomic E-state index is 11.6. The van der Waals surface area contributed by atoms with E-state index in [1.165, 1.54) is 6.21 Å². The van der Waals surface area contributed by atoms with Crippen LogP contribution in [0.15, 0.2) is 27.2 Å². The van der Waals surface area contributed by atoms with Crippen molar-refractivity contribution in [3.63, 3.8) is 0 Å². The van der Waals surface area contributed by atoms with Crippen LogP contribution in [-0.4, -0.2) is 20.5 Å². The highest BCUT2D eigenvalue weighted by molar-refractivity contribution is 9.10. The van der Waals surface area contributed by atoms with Crippen LogP contribution in [0.4, 0.5) is 0 Å². The fourth-order valence-electron chi connectivity index (χ4n) is 0.756. The maximum atomic E-state index is 11.6. The molecule has 0 aliphatic carbocycles. The summed E-state index contributed by atoms with van der Waals surface area (Å²) in [5.74, 6) is 0. The van der Waals surface area contributed by atoms with Crippen LogP contribution in [0.25, 0.3) is 0 Å². The smallest absolute Gasteiger partial charge is 0.144 e. The Bertz CT molecular complexity index is 363. The van der Waals surface area contributed by atoms with E-state index in [2.05, 4.69) is 25.3 Å². The molecule has 1 heterocycles. The molecule has 0 aromatic carbocycles. The highest BCUT2D eigenvalue weighted by Gasteiger charge is 2.25. The van der Waals surface area contributed by atoms with Crippen molar-refractivity contribution >= 4 is 33.5 Å². The fourth-order valence-corrected chi connectivity index (χ4v) is 1.63. The first-order valence-electron chi connectivity index (χ1n) is 4.48. The molecular formula is C10H13BrN2OS. The van der Waals surface area contributed by atoms with Crippen LogP contribution in [0.1, 0.15) is 26.5 Å². The molecule has 0 fully saturated rings. The first-order valence-corrected chi connectivity index (χ1v) is 6.38. The minimum Gasteiger partial charge on any atom is -0.591 e. The molecule has 1 atom stereocenters. The van der Waals surface area contributed by atoms with Crippen molar-refractivity contribution in [2.75, 3.05) is 0 Å². The zero-order chi connectivity index (χ0) is 11.5. The molecule has 0 unspecified atom stereocenters. The quantitative estimate of drug-likeness (QED) is 0.477. The SMILES string of the molecule is CC(C)(C)[S@+]([O-])N=Cc1cccc(Br)n1. The molecule has 82 valence electrons. The summed E-state index contributed by atoms with van der Waals surface area (Å²) in [6.07, 6.45) is 1.53. The zero-order valence-electron chi connectivity index (χ0n) is 8.90. The second kappa shape index (κ2) is 5.09. The van der Waals surface area contributed by atoms with Crippen molar-refractivity contribution < 1.29 is 4.55 Å². The van der Waals surface area contributed by atoms with E-state index in [0.717, 1.165) is 4.60 Å². The number of hydrogen-bond donors (Lipinski definition) is 0. The second-order valence-electron chi connectivity index (χ2n) is 3.98. The van der Waals surface area contributed by atoms with Gasteiger partial charge in [0, 0.05) is 0 Å². The van der Waals surface area contributed by atoms with Gasteiger partial charge < -0.3 is 4.55 Å². The zero-order valence-corrected chi connectivity index (χ0v) is 11.3. The summed E-state index contributed by atoms with van der Waals surface area (Å²) in [5, 5.41) is 0. The van der Waals surface area contributed by atoms with E-state index in [-0.39, 0.29) is 4.75 Å². The van der Waals surface area contributed by atoms with Crippen molar-refractivity contribution in [3.05, 3.63) is 28.5 Å². The molecule has 0 spiro atoms. The summed E-state index contributed by atoms with van der Waals surface area (Å²) in [7, 11) is 0. The molecule has 0 aliphatic rings. The van der Waals surface area contributed by atoms with Gasteiger partial charge in [-0.3, -0.25) is 0 Å². The van der Waals surface area contributed by atoms with Crippen LogP contribution in [0.2, 0.25) is 0 Å². The van der Waals surface area contributed by atoms with E-state index in [1.807, 2.05) is 39.0 Å². The van der Waals surface area contributed by atoms with Crippen molar-refractivity contribution in [1.82, 2.24) is 4.98 Å². The van der Waals surface area contributed by atoms with Crippen LogP contribution in [-0.2, 0) is 11.4 Å². The summed E-state index contributed by atoms with van der Waals surface area (Å²) >= 11 is 2.03. The molecule has 0 aliphatic heterocycles. The first kappa shape index (κ1) is 12.7.